The lowest BCUT2D eigenvalue weighted by Crippen LogP contribution is -2.09. The van der Waals surface area contributed by atoms with E-state index in [9.17, 15) is 4.79 Å². The molecule has 1 N–H and O–H groups in total. The second-order valence-corrected chi connectivity index (χ2v) is 8.25. The molecule has 1 aromatic rings. The highest BCUT2D eigenvalue weighted by Gasteiger charge is 2.04. The Labute approximate surface area is 175 Å². The Morgan fingerprint density at radius 3 is 2.86 bits per heavy atom. The molecule has 0 aliphatic rings. The number of aromatic nitrogens is 1. The highest BCUT2D eigenvalue weighted by atomic mass is 32.2. The van der Waals surface area contributed by atoms with Crippen molar-refractivity contribution < 1.29 is 9.53 Å². The molecule has 0 saturated heterocycles. The first-order valence-electron chi connectivity index (χ1n) is 10.2. The van der Waals surface area contributed by atoms with Gasteiger partial charge >= 0.3 is 0 Å². The average molecular weight is 405 g/mol. The summed E-state index contributed by atoms with van der Waals surface area (Å²) in [5.41, 5.74) is 1.75. The van der Waals surface area contributed by atoms with Crippen LogP contribution in [0.15, 0.2) is 35.9 Å². The Kier molecular flexibility index (Phi) is 12.6. The first-order valence-corrected chi connectivity index (χ1v) is 11.1. The zero-order valence-electron chi connectivity index (χ0n) is 17.9. The second-order valence-electron chi connectivity index (χ2n) is 7.28. The van der Waals surface area contributed by atoms with Crippen molar-refractivity contribution in [3.05, 3.63) is 41.5 Å². The highest BCUT2D eigenvalue weighted by Crippen LogP contribution is 2.28. The minimum absolute atomic E-state index is 0.0804. The van der Waals surface area contributed by atoms with Crippen LogP contribution in [0.2, 0.25) is 0 Å². The van der Waals surface area contributed by atoms with E-state index in [0.717, 1.165) is 54.5 Å². The Morgan fingerprint density at radius 2 is 2.14 bits per heavy atom. The van der Waals surface area contributed by atoms with Gasteiger partial charge in [0, 0.05) is 30.9 Å². The number of unbranched alkanes of at least 4 members (excludes halogenated alkanes) is 2. The fraction of sp³-hybridized carbons (Fsp3) is 0.565. The van der Waals surface area contributed by atoms with E-state index in [0.29, 0.717) is 5.92 Å². The number of hydrogen-bond donors (Lipinski definition) is 1. The number of carbonyl (C=O) groups is 1. The predicted molar refractivity (Wildman–Crippen MR) is 123 cm³/mol. The summed E-state index contributed by atoms with van der Waals surface area (Å²) in [5.74, 6) is 1.59. The Bertz CT molecular complexity index is 643. The lowest BCUT2D eigenvalue weighted by Gasteiger charge is -2.11. The minimum Gasteiger partial charge on any atom is -0.381 e. The van der Waals surface area contributed by atoms with Crippen LogP contribution in [0.3, 0.4) is 0 Å². The number of carbonyl (C=O) groups excluding carboxylic acids is 1. The summed E-state index contributed by atoms with van der Waals surface area (Å²) in [6.07, 6.45) is 7.68. The predicted octanol–water partition coefficient (Wildman–Crippen LogP) is 6.31. The van der Waals surface area contributed by atoms with Crippen molar-refractivity contribution in [3.8, 4) is 0 Å². The van der Waals surface area contributed by atoms with Crippen molar-refractivity contribution in [1.82, 2.24) is 4.98 Å². The number of Topliss-reactive ketones (excluding diaryl/α,β-unsaturated/α-hetero) is 1. The first kappa shape index (κ1) is 24.4. The molecule has 4 nitrogen and oxygen atoms in total. The molecular formula is C23H36N2O2S. The number of ether oxygens (including phenoxy) is 1. The molecule has 5 heteroatoms. The average Bonchev–Trinajstić information content (AvgIpc) is 2.69. The summed E-state index contributed by atoms with van der Waals surface area (Å²) in [6.45, 7) is 14.5. The Hall–Kier alpha value is -1.59. The normalized spacial score (nSPS) is 12.6. The number of thioether (sulfide) groups is 1. The van der Waals surface area contributed by atoms with E-state index in [1.165, 1.54) is 31.0 Å². The summed E-state index contributed by atoms with van der Waals surface area (Å²) in [6, 6.07) is 3.93. The first-order chi connectivity index (χ1) is 13.4. The van der Waals surface area contributed by atoms with Crippen molar-refractivity contribution in [3.63, 3.8) is 0 Å². The molecule has 1 atom stereocenters. The molecule has 1 heterocycles. The van der Waals surface area contributed by atoms with Crippen molar-refractivity contribution in [2.24, 2.45) is 5.92 Å². The van der Waals surface area contributed by atoms with E-state index in [-0.39, 0.29) is 5.78 Å². The molecule has 0 bridgehead atoms. The van der Waals surface area contributed by atoms with Gasteiger partial charge in [-0.1, -0.05) is 45.0 Å². The van der Waals surface area contributed by atoms with E-state index in [4.69, 9.17) is 4.74 Å². The van der Waals surface area contributed by atoms with E-state index < -0.39 is 0 Å². The van der Waals surface area contributed by atoms with Gasteiger partial charge < -0.3 is 10.1 Å². The van der Waals surface area contributed by atoms with Gasteiger partial charge in [-0.15, -0.1) is 0 Å². The van der Waals surface area contributed by atoms with E-state index in [1.54, 1.807) is 13.1 Å². The van der Waals surface area contributed by atoms with E-state index in [1.807, 2.05) is 24.5 Å². The van der Waals surface area contributed by atoms with Gasteiger partial charge in [0.2, 0.25) is 0 Å². The van der Waals surface area contributed by atoms with Gasteiger partial charge in [-0.3, -0.25) is 4.79 Å². The van der Waals surface area contributed by atoms with Gasteiger partial charge in [0.15, 0.2) is 5.78 Å². The molecule has 1 rings (SSSR count). The van der Waals surface area contributed by atoms with Crippen LogP contribution in [-0.4, -0.2) is 30.5 Å². The third-order valence-corrected chi connectivity index (χ3v) is 5.48. The van der Waals surface area contributed by atoms with Crippen LogP contribution in [-0.2, 0) is 9.53 Å². The second kappa shape index (κ2) is 14.4. The quantitative estimate of drug-likeness (QED) is 0.274. The summed E-state index contributed by atoms with van der Waals surface area (Å²) in [4.78, 5) is 16.6. The molecule has 1 unspecified atom stereocenters. The van der Waals surface area contributed by atoms with Crippen LogP contribution in [0, 0.1) is 5.92 Å². The Morgan fingerprint density at radius 1 is 1.36 bits per heavy atom. The topological polar surface area (TPSA) is 51.2 Å². The molecule has 0 amide bonds. The van der Waals surface area contributed by atoms with Gasteiger partial charge in [0.25, 0.3) is 0 Å². The fourth-order valence-corrected chi connectivity index (χ4v) is 3.23. The van der Waals surface area contributed by atoms with E-state index >= 15 is 0 Å². The standard InChI is InChI=1S/C23H36N2O2S/c1-6-7-10-18(2)16-27-14-9-8-12-24-23-15-22(11-13-25-23)21(5)28-17-19(3)20(4)26/h11,13,15,17-18H,5-10,12,14,16H2,1-4H3,(H,24,25)/b19-17+. The molecule has 0 saturated carbocycles. The van der Waals surface area contributed by atoms with Gasteiger partial charge in [-0.2, -0.15) is 0 Å². The Balaban J connectivity index is 2.27. The van der Waals surface area contributed by atoms with Crippen LogP contribution in [0.25, 0.3) is 4.91 Å². The molecule has 156 valence electrons. The van der Waals surface area contributed by atoms with Crippen LogP contribution < -0.4 is 5.32 Å². The van der Waals surface area contributed by atoms with Gasteiger partial charge in [-0.25, -0.2) is 4.98 Å². The van der Waals surface area contributed by atoms with Crippen molar-refractivity contribution >= 4 is 28.3 Å². The van der Waals surface area contributed by atoms with Crippen LogP contribution in [0.5, 0.6) is 0 Å². The smallest absolute Gasteiger partial charge is 0.156 e. The van der Waals surface area contributed by atoms with Gasteiger partial charge in [0.05, 0.1) is 0 Å². The molecule has 0 aliphatic carbocycles. The largest absolute Gasteiger partial charge is 0.381 e. The summed E-state index contributed by atoms with van der Waals surface area (Å²) >= 11 is 1.47. The molecule has 0 aromatic carbocycles. The number of rotatable bonds is 15. The third kappa shape index (κ3) is 10.7. The molecule has 0 spiro atoms. The number of hydrogen-bond acceptors (Lipinski definition) is 5. The molecular weight excluding hydrogens is 368 g/mol. The van der Waals surface area contributed by atoms with Crippen LogP contribution in [0.4, 0.5) is 5.82 Å². The van der Waals surface area contributed by atoms with Crippen molar-refractivity contribution in [1.29, 1.82) is 0 Å². The third-order valence-electron chi connectivity index (χ3n) is 4.49. The summed E-state index contributed by atoms with van der Waals surface area (Å²) in [5, 5.41) is 5.21. The number of pyridine rings is 1. The van der Waals surface area contributed by atoms with Gasteiger partial charge in [-0.05, 0) is 67.7 Å². The number of allylic oxidation sites excluding steroid dienone is 1. The van der Waals surface area contributed by atoms with Gasteiger partial charge in [0.1, 0.15) is 5.82 Å². The van der Waals surface area contributed by atoms with Crippen LogP contribution in [0.1, 0.15) is 65.4 Å². The number of ketones is 1. The molecule has 0 radical (unpaired) electrons. The highest BCUT2D eigenvalue weighted by molar-refractivity contribution is 8.10. The lowest BCUT2D eigenvalue weighted by atomic mass is 10.1. The molecule has 0 fully saturated rings. The van der Waals surface area contributed by atoms with Crippen molar-refractivity contribution in [2.45, 2.75) is 59.8 Å². The maximum atomic E-state index is 11.3. The number of nitrogens with zero attached hydrogens (tertiary/aromatic N) is 1. The number of nitrogens with one attached hydrogen (secondary N) is 1. The zero-order chi connectivity index (χ0) is 20.8. The summed E-state index contributed by atoms with van der Waals surface area (Å²) < 4.78 is 5.77. The lowest BCUT2D eigenvalue weighted by molar-refractivity contribution is -0.113. The fourth-order valence-electron chi connectivity index (χ4n) is 2.48. The zero-order valence-corrected chi connectivity index (χ0v) is 18.7. The van der Waals surface area contributed by atoms with E-state index in [2.05, 4.69) is 30.7 Å². The minimum atomic E-state index is 0.0804. The van der Waals surface area contributed by atoms with Crippen molar-refractivity contribution in [2.75, 3.05) is 25.1 Å². The maximum Gasteiger partial charge on any atom is 0.156 e. The molecule has 0 aliphatic heterocycles. The maximum absolute atomic E-state index is 11.3. The SMILES string of the molecule is C=C(S/C=C(\C)C(C)=O)c1ccnc(NCCCCOCC(C)CCCC)c1. The monoisotopic (exact) mass is 404 g/mol. The molecule has 1 aromatic heterocycles. The van der Waals surface area contributed by atoms with Crippen LogP contribution >= 0.6 is 11.8 Å². The molecule has 28 heavy (non-hydrogen) atoms. The number of anilines is 1. The summed E-state index contributed by atoms with van der Waals surface area (Å²) in [7, 11) is 0.